The molecule has 8 nitrogen and oxygen atoms in total. The number of benzene rings is 1. The molecule has 0 radical (unpaired) electrons. The summed E-state index contributed by atoms with van der Waals surface area (Å²) in [5.74, 6) is 0.108. The van der Waals surface area contributed by atoms with E-state index in [1.165, 1.54) is 6.08 Å². The lowest BCUT2D eigenvalue weighted by atomic mass is 10.2. The molecule has 4 rings (SSSR count). The zero-order valence-electron chi connectivity index (χ0n) is 12.1. The summed E-state index contributed by atoms with van der Waals surface area (Å²) in [6, 6.07) is 8.78. The van der Waals surface area contributed by atoms with E-state index in [0.29, 0.717) is 27.9 Å². The van der Waals surface area contributed by atoms with Gasteiger partial charge in [0.25, 0.3) is 5.91 Å². The number of amides is 1. The molecular formula is C15H10ClN7O. The van der Waals surface area contributed by atoms with Crippen LogP contribution in [0.2, 0.25) is 5.02 Å². The summed E-state index contributed by atoms with van der Waals surface area (Å²) in [5.41, 5.74) is 2.53. The van der Waals surface area contributed by atoms with Crippen LogP contribution in [0.15, 0.2) is 48.8 Å². The molecule has 0 spiro atoms. The largest absolute Gasteiger partial charge is 0.350 e. The highest BCUT2D eigenvalue weighted by Crippen LogP contribution is 2.32. The van der Waals surface area contributed by atoms with Gasteiger partial charge in [-0.1, -0.05) is 11.6 Å². The van der Waals surface area contributed by atoms with Crippen LogP contribution in [0.25, 0.3) is 11.4 Å². The van der Waals surface area contributed by atoms with Crippen LogP contribution in [0.5, 0.6) is 0 Å². The lowest BCUT2D eigenvalue weighted by Gasteiger charge is -2.20. The van der Waals surface area contributed by atoms with Gasteiger partial charge in [-0.25, -0.2) is 0 Å². The first kappa shape index (κ1) is 14.3. The number of hydrogen-bond acceptors (Lipinski definition) is 6. The molecule has 118 valence electrons. The number of anilines is 2. The number of pyridine rings is 1. The fourth-order valence-electron chi connectivity index (χ4n) is 2.36. The zero-order chi connectivity index (χ0) is 16.5. The van der Waals surface area contributed by atoms with E-state index in [0.717, 1.165) is 5.69 Å². The summed E-state index contributed by atoms with van der Waals surface area (Å²) >= 11 is 6.03. The molecule has 9 heteroatoms. The SMILES string of the molecule is O=C(/C=C1\Nc2cc(Cl)ccc2-n2nnnc21)Nc1cccnc1. The van der Waals surface area contributed by atoms with Crippen molar-refractivity contribution in [3.8, 4) is 5.69 Å². The Hall–Kier alpha value is -3.26. The number of carbonyl (C=O) groups excluding carboxylic acids is 1. The predicted octanol–water partition coefficient (Wildman–Crippen LogP) is 2.12. The van der Waals surface area contributed by atoms with Crippen LogP contribution in [0.4, 0.5) is 11.4 Å². The van der Waals surface area contributed by atoms with Crippen molar-refractivity contribution in [1.29, 1.82) is 0 Å². The van der Waals surface area contributed by atoms with Crippen LogP contribution in [0.3, 0.4) is 0 Å². The van der Waals surface area contributed by atoms with E-state index < -0.39 is 0 Å². The summed E-state index contributed by atoms with van der Waals surface area (Å²) in [7, 11) is 0. The fraction of sp³-hybridized carbons (Fsp3) is 0. The van der Waals surface area contributed by atoms with Crippen molar-refractivity contribution < 1.29 is 4.79 Å². The first-order chi connectivity index (χ1) is 11.7. The van der Waals surface area contributed by atoms with Gasteiger partial charge >= 0.3 is 0 Å². The molecule has 1 aliphatic heterocycles. The Morgan fingerprint density at radius 3 is 3.08 bits per heavy atom. The van der Waals surface area contributed by atoms with E-state index >= 15 is 0 Å². The Kier molecular flexibility index (Phi) is 3.43. The average Bonchev–Trinajstić information content (AvgIpc) is 3.05. The van der Waals surface area contributed by atoms with Gasteiger partial charge in [-0.15, -0.1) is 5.10 Å². The van der Waals surface area contributed by atoms with Gasteiger partial charge in [-0.05, 0) is 40.8 Å². The van der Waals surface area contributed by atoms with Gasteiger partial charge in [0.15, 0.2) is 0 Å². The quantitative estimate of drug-likeness (QED) is 0.694. The van der Waals surface area contributed by atoms with Gasteiger partial charge < -0.3 is 10.6 Å². The number of carbonyl (C=O) groups is 1. The second-order valence-electron chi connectivity index (χ2n) is 4.99. The summed E-state index contributed by atoms with van der Waals surface area (Å²) in [5, 5.41) is 18.0. The number of halogens is 1. The number of rotatable bonds is 2. The lowest BCUT2D eigenvalue weighted by Crippen LogP contribution is -2.18. The van der Waals surface area contributed by atoms with Crippen molar-refractivity contribution in [2.45, 2.75) is 0 Å². The second kappa shape index (κ2) is 5.74. The third-order valence-electron chi connectivity index (χ3n) is 3.37. The minimum Gasteiger partial charge on any atom is -0.350 e. The third kappa shape index (κ3) is 2.59. The van der Waals surface area contributed by atoms with Crippen molar-refractivity contribution in [3.05, 3.63) is 59.6 Å². The molecule has 1 amide bonds. The lowest BCUT2D eigenvalue weighted by molar-refractivity contribution is -0.111. The van der Waals surface area contributed by atoms with E-state index in [4.69, 9.17) is 11.6 Å². The molecule has 0 fully saturated rings. The van der Waals surface area contributed by atoms with Gasteiger partial charge in [0, 0.05) is 17.3 Å². The highest BCUT2D eigenvalue weighted by molar-refractivity contribution is 6.31. The molecule has 0 atom stereocenters. The third-order valence-corrected chi connectivity index (χ3v) is 3.61. The molecule has 3 heterocycles. The Labute approximate surface area is 141 Å². The predicted molar refractivity (Wildman–Crippen MR) is 88.6 cm³/mol. The van der Waals surface area contributed by atoms with Gasteiger partial charge in [0.1, 0.15) is 0 Å². The Morgan fingerprint density at radius 2 is 2.25 bits per heavy atom. The standard InChI is InChI=1S/C15H10ClN7O/c16-9-3-4-13-11(6-9)19-12(15-20-21-22-23(13)15)7-14(24)18-10-2-1-5-17-8-10/h1-8,19H,(H,18,24)/b12-7-. The number of nitrogens with one attached hydrogen (secondary N) is 2. The molecule has 0 saturated carbocycles. The Balaban J connectivity index is 1.68. The molecule has 1 aliphatic rings. The monoisotopic (exact) mass is 339 g/mol. The van der Waals surface area contributed by atoms with Crippen LogP contribution in [0, 0.1) is 0 Å². The highest BCUT2D eigenvalue weighted by atomic mass is 35.5. The average molecular weight is 340 g/mol. The zero-order valence-corrected chi connectivity index (χ0v) is 12.9. The minimum absolute atomic E-state index is 0.328. The van der Waals surface area contributed by atoms with Crippen molar-refractivity contribution >= 4 is 34.6 Å². The van der Waals surface area contributed by atoms with Crippen LogP contribution >= 0.6 is 11.6 Å². The molecule has 0 saturated heterocycles. The van der Waals surface area contributed by atoms with Crippen molar-refractivity contribution in [2.75, 3.05) is 10.6 Å². The van der Waals surface area contributed by atoms with Crippen LogP contribution in [0.1, 0.15) is 5.82 Å². The maximum absolute atomic E-state index is 12.2. The molecule has 24 heavy (non-hydrogen) atoms. The van der Waals surface area contributed by atoms with E-state index in [2.05, 4.69) is 31.1 Å². The number of fused-ring (bicyclic) bond motifs is 3. The maximum atomic E-state index is 12.2. The highest BCUT2D eigenvalue weighted by Gasteiger charge is 2.23. The van der Waals surface area contributed by atoms with Crippen LogP contribution in [-0.4, -0.2) is 31.1 Å². The van der Waals surface area contributed by atoms with E-state index in [9.17, 15) is 4.79 Å². The van der Waals surface area contributed by atoms with E-state index in [-0.39, 0.29) is 5.91 Å². The molecule has 1 aromatic carbocycles. The maximum Gasteiger partial charge on any atom is 0.250 e. The molecule has 2 aromatic heterocycles. The fourth-order valence-corrected chi connectivity index (χ4v) is 2.53. The molecule has 3 aromatic rings. The Morgan fingerprint density at radius 1 is 1.33 bits per heavy atom. The van der Waals surface area contributed by atoms with E-state index in [1.807, 2.05) is 0 Å². The van der Waals surface area contributed by atoms with Gasteiger partial charge in [0.2, 0.25) is 5.82 Å². The van der Waals surface area contributed by atoms with Gasteiger partial charge in [0.05, 0.1) is 29.0 Å². The van der Waals surface area contributed by atoms with Crippen LogP contribution in [-0.2, 0) is 4.79 Å². The minimum atomic E-state index is -0.328. The molecule has 0 bridgehead atoms. The smallest absolute Gasteiger partial charge is 0.250 e. The molecule has 0 aliphatic carbocycles. The Bertz CT molecular complexity index is 951. The second-order valence-corrected chi connectivity index (χ2v) is 5.43. The normalized spacial score (nSPS) is 13.8. The number of nitrogens with zero attached hydrogens (tertiary/aromatic N) is 5. The number of hydrogen-bond donors (Lipinski definition) is 2. The van der Waals surface area contributed by atoms with E-state index in [1.54, 1.807) is 47.4 Å². The first-order valence-corrected chi connectivity index (χ1v) is 7.37. The molecule has 0 unspecified atom stereocenters. The van der Waals surface area contributed by atoms with Gasteiger partial charge in [-0.2, -0.15) is 4.68 Å². The van der Waals surface area contributed by atoms with Crippen LogP contribution < -0.4 is 10.6 Å². The summed E-state index contributed by atoms with van der Waals surface area (Å²) in [4.78, 5) is 16.2. The topological polar surface area (TPSA) is 97.6 Å². The number of tetrazole rings is 1. The van der Waals surface area contributed by atoms with Crippen molar-refractivity contribution in [3.63, 3.8) is 0 Å². The summed E-state index contributed by atoms with van der Waals surface area (Å²) < 4.78 is 1.55. The molecular weight excluding hydrogens is 330 g/mol. The van der Waals surface area contributed by atoms with Crippen molar-refractivity contribution in [1.82, 2.24) is 25.2 Å². The van der Waals surface area contributed by atoms with Crippen molar-refractivity contribution in [2.24, 2.45) is 0 Å². The summed E-state index contributed by atoms with van der Waals surface area (Å²) in [6.45, 7) is 0. The number of aromatic nitrogens is 5. The first-order valence-electron chi connectivity index (χ1n) is 6.99. The summed E-state index contributed by atoms with van der Waals surface area (Å²) in [6.07, 6.45) is 4.58. The molecule has 2 N–H and O–H groups in total. The van der Waals surface area contributed by atoms with Gasteiger partial charge in [-0.3, -0.25) is 9.78 Å².